The minimum atomic E-state index is -3.47. The van der Waals surface area contributed by atoms with Gasteiger partial charge in [0, 0.05) is 16.9 Å². The second kappa shape index (κ2) is 9.32. The molecule has 0 spiro atoms. The fourth-order valence-electron chi connectivity index (χ4n) is 3.50. The zero-order valence-electron chi connectivity index (χ0n) is 17.4. The number of benzene rings is 2. The second-order valence-corrected chi connectivity index (χ2v) is 9.93. The predicted molar refractivity (Wildman–Crippen MR) is 123 cm³/mol. The SMILES string of the molecule is CS(=O)(=O)Nc1cc(Cl)cc(NC(=O)c2cnn([C@H]3CC[C@@H]3OCc3ccccc3)c2)c1. The van der Waals surface area contributed by atoms with E-state index in [9.17, 15) is 13.2 Å². The Morgan fingerprint density at radius 1 is 1.19 bits per heavy atom. The number of nitrogens with one attached hydrogen (secondary N) is 2. The summed E-state index contributed by atoms with van der Waals surface area (Å²) in [4.78, 5) is 12.7. The van der Waals surface area contributed by atoms with Crippen LogP contribution in [0.5, 0.6) is 0 Å². The number of anilines is 2. The van der Waals surface area contributed by atoms with Crippen LogP contribution in [0.25, 0.3) is 0 Å². The highest BCUT2D eigenvalue weighted by Gasteiger charge is 2.34. The molecule has 1 heterocycles. The molecule has 1 aromatic heterocycles. The monoisotopic (exact) mass is 474 g/mol. The van der Waals surface area contributed by atoms with Gasteiger partial charge in [-0.05, 0) is 36.6 Å². The van der Waals surface area contributed by atoms with Gasteiger partial charge in [0.1, 0.15) is 0 Å². The number of amides is 1. The normalized spacial score (nSPS) is 18.1. The lowest BCUT2D eigenvalue weighted by Gasteiger charge is -2.36. The standard InChI is InChI=1S/C22H23ClN4O4S/c1-32(29,30)26-19-10-17(23)9-18(11-19)25-22(28)16-12-24-27(13-16)20-7-8-21(20)31-14-15-5-3-2-4-6-15/h2-6,9-13,20-21,26H,7-8,14H2,1H3,(H,25,28)/t20-,21-/m0/s1. The molecule has 2 aromatic carbocycles. The van der Waals surface area contributed by atoms with Crippen molar-refractivity contribution in [2.75, 3.05) is 16.3 Å². The molecule has 1 saturated carbocycles. The molecule has 0 bridgehead atoms. The molecule has 1 aliphatic rings. The van der Waals surface area contributed by atoms with Crippen molar-refractivity contribution in [1.82, 2.24) is 9.78 Å². The molecule has 2 N–H and O–H groups in total. The van der Waals surface area contributed by atoms with Crippen molar-refractivity contribution in [2.45, 2.75) is 31.6 Å². The maximum Gasteiger partial charge on any atom is 0.258 e. The maximum atomic E-state index is 12.7. The third kappa shape index (κ3) is 5.67. The zero-order valence-corrected chi connectivity index (χ0v) is 18.9. The Kier molecular flexibility index (Phi) is 6.50. The Morgan fingerprint density at radius 2 is 1.94 bits per heavy atom. The molecule has 4 rings (SSSR count). The summed E-state index contributed by atoms with van der Waals surface area (Å²) >= 11 is 6.05. The third-order valence-electron chi connectivity index (χ3n) is 5.15. The molecule has 2 atom stereocenters. The molecule has 32 heavy (non-hydrogen) atoms. The van der Waals surface area contributed by atoms with Crippen LogP contribution in [-0.2, 0) is 21.4 Å². The van der Waals surface area contributed by atoms with E-state index in [0.717, 1.165) is 24.7 Å². The summed E-state index contributed by atoms with van der Waals surface area (Å²) in [5.74, 6) is -0.370. The number of hydrogen-bond acceptors (Lipinski definition) is 5. The number of carbonyl (C=O) groups excluding carboxylic acids is 1. The Hall–Kier alpha value is -2.88. The summed E-state index contributed by atoms with van der Waals surface area (Å²) in [6, 6.07) is 14.6. The predicted octanol–water partition coefficient (Wildman–Crippen LogP) is 4.08. The Balaban J connectivity index is 1.39. The summed E-state index contributed by atoms with van der Waals surface area (Å²) < 4.78 is 33.1. The van der Waals surface area contributed by atoms with E-state index in [-0.39, 0.29) is 28.8 Å². The lowest BCUT2D eigenvalue weighted by molar-refractivity contribution is -0.0530. The lowest BCUT2D eigenvalue weighted by Crippen LogP contribution is -2.36. The molecule has 0 unspecified atom stereocenters. The average Bonchev–Trinajstić information content (AvgIpc) is 3.15. The van der Waals surface area contributed by atoms with Crippen LogP contribution >= 0.6 is 11.6 Å². The van der Waals surface area contributed by atoms with Gasteiger partial charge in [-0.2, -0.15) is 5.10 Å². The van der Waals surface area contributed by atoms with E-state index in [4.69, 9.17) is 16.3 Å². The van der Waals surface area contributed by atoms with E-state index in [1.54, 1.807) is 10.9 Å². The topological polar surface area (TPSA) is 102 Å². The molecule has 8 nitrogen and oxygen atoms in total. The molecule has 168 valence electrons. The smallest absolute Gasteiger partial charge is 0.258 e. The molecule has 10 heteroatoms. The van der Waals surface area contributed by atoms with Crippen molar-refractivity contribution in [3.8, 4) is 0 Å². The first-order valence-corrected chi connectivity index (χ1v) is 12.3. The molecule has 1 fully saturated rings. The van der Waals surface area contributed by atoms with Gasteiger partial charge in [-0.15, -0.1) is 0 Å². The van der Waals surface area contributed by atoms with Crippen molar-refractivity contribution in [1.29, 1.82) is 0 Å². The number of nitrogens with zero attached hydrogens (tertiary/aromatic N) is 2. The maximum absolute atomic E-state index is 12.7. The molecule has 1 aliphatic carbocycles. The molecule has 0 saturated heterocycles. The van der Waals surface area contributed by atoms with E-state index in [1.165, 1.54) is 24.4 Å². The lowest BCUT2D eigenvalue weighted by atomic mass is 9.89. The highest BCUT2D eigenvalue weighted by atomic mass is 35.5. The van der Waals surface area contributed by atoms with Crippen LogP contribution in [-0.4, -0.2) is 36.5 Å². The number of carbonyl (C=O) groups is 1. The van der Waals surface area contributed by atoms with Gasteiger partial charge >= 0.3 is 0 Å². The molecule has 0 aliphatic heterocycles. The van der Waals surface area contributed by atoms with Crippen LogP contribution in [0.2, 0.25) is 5.02 Å². The van der Waals surface area contributed by atoms with Gasteiger partial charge in [0.25, 0.3) is 5.91 Å². The molecular weight excluding hydrogens is 452 g/mol. The van der Waals surface area contributed by atoms with Gasteiger partial charge in [0.2, 0.25) is 10.0 Å². The van der Waals surface area contributed by atoms with Crippen molar-refractivity contribution in [3.63, 3.8) is 0 Å². The first-order chi connectivity index (χ1) is 15.3. The minimum Gasteiger partial charge on any atom is -0.371 e. The fourth-order valence-corrected chi connectivity index (χ4v) is 4.28. The van der Waals surface area contributed by atoms with E-state index in [0.29, 0.717) is 17.9 Å². The van der Waals surface area contributed by atoms with Crippen LogP contribution in [0.3, 0.4) is 0 Å². The van der Waals surface area contributed by atoms with E-state index in [2.05, 4.69) is 15.1 Å². The second-order valence-electron chi connectivity index (χ2n) is 7.75. The summed E-state index contributed by atoms with van der Waals surface area (Å²) in [5, 5.41) is 7.37. The number of halogens is 1. The summed E-state index contributed by atoms with van der Waals surface area (Å²) in [6.45, 7) is 0.537. The minimum absolute atomic E-state index is 0.0450. The third-order valence-corrected chi connectivity index (χ3v) is 5.97. The highest BCUT2D eigenvalue weighted by molar-refractivity contribution is 7.92. The quantitative estimate of drug-likeness (QED) is 0.512. The van der Waals surface area contributed by atoms with Gasteiger partial charge < -0.3 is 10.1 Å². The van der Waals surface area contributed by atoms with Crippen LogP contribution in [0, 0.1) is 0 Å². The van der Waals surface area contributed by atoms with Crippen molar-refractivity contribution >= 4 is 38.9 Å². The molecule has 0 radical (unpaired) electrons. The first kappa shape index (κ1) is 22.3. The number of sulfonamides is 1. The fraction of sp³-hybridized carbons (Fsp3) is 0.273. The van der Waals surface area contributed by atoms with Gasteiger partial charge in [-0.3, -0.25) is 14.2 Å². The van der Waals surface area contributed by atoms with E-state index < -0.39 is 10.0 Å². The Bertz CT molecular complexity index is 1210. The Labute approximate surface area is 191 Å². The van der Waals surface area contributed by atoms with Crippen molar-refractivity contribution < 1.29 is 17.9 Å². The molecule has 3 aromatic rings. The number of rotatable bonds is 8. The van der Waals surface area contributed by atoms with E-state index in [1.807, 2.05) is 30.3 Å². The van der Waals surface area contributed by atoms with E-state index >= 15 is 0 Å². The molecule has 1 amide bonds. The largest absolute Gasteiger partial charge is 0.371 e. The summed E-state index contributed by atoms with van der Waals surface area (Å²) in [7, 11) is -3.47. The average molecular weight is 475 g/mol. The van der Waals surface area contributed by atoms with Crippen LogP contribution < -0.4 is 10.0 Å². The first-order valence-electron chi connectivity index (χ1n) is 10.1. The van der Waals surface area contributed by atoms with Crippen LogP contribution in [0.15, 0.2) is 60.9 Å². The number of ether oxygens (including phenoxy) is 1. The Morgan fingerprint density at radius 3 is 2.62 bits per heavy atom. The zero-order chi connectivity index (χ0) is 22.7. The number of aromatic nitrogens is 2. The van der Waals surface area contributed by atoms with Crippen molar-refractivity contribution in [3.05, 3.63) is 77.1 Å². The number of hydrogen-bond donors (Lipinski definition) is 2. The molecular formula is C22H23ClN4O4S. The summed E-state index contributed by atoms with van der Waals surface area (Å²) in [5.41, 5.74) is 2.13. The summed E-state index contributed by atoms with van der Waals surface area (Å²) in [6.07, 6.45) is 6.15. The van der Waals surface area contributed by atoms with Gasteiger partial charge in [-0.25, -0.2) is 8.42 Å². The van der Waals surface area contributed by atoms with Crippen LogP contribution in [0.1, 0.15) is 34.8 Å². The van der Waals surface area contributed by atoms with Crippen LogP contribution in [0.4, 0.5) is 11.4 Å². The van der Waals surface area contributed by atoms with Gasteiger partial charge in [0.05, 0.1) is 42.5 Å². The van der Waals surface area contributed by atoms with Crippen molar-refractivity contribution in [2.24, 2.45) is 0 Å². The van der Waals surface area contributed by atoms with Gasteiger partial charge in [0.15, 0.2) is 0 Å². The highest BCUT2D eigenvalue weighted by Crippen LogP contribution is 2.35. The van der Waals surface area contributed by atoms with Gasteiger partial charge in [-0.1, -0.05) is 41.9 Å².